The van der Waals surface area contributed by atoms with Gasteiger partial charge in [0, 0.05) is 16.5 Å². The van der Waals surface area contributed by atoms with E-state index in [9.17, 15) is 4.79 Å². The Morgan fingerprint density at radius 3 is 2.55 bits per heavy atom. The summed E-state index contributed by atoms with van der Waals surface area (Å²) in [6.07, 6.45) is 0.885. The van der Waals surface area contributed by atoms with Crippen LogP contribution in [-0.2, 0) is 4.79 Å². The number of rotatable bonds is 4. The SMILES string of the molecule is C/C(=N/NC(=O)[C@H]1C[C@@H]1c1ccccc1)c1ccccc1Cl. The second-order valence-corrected chi connectivity index (χ2v) is 5.92. The molecule has 3 rings (SSSR count). The van der Waals surface area contributed by atoms with Gasteiger partial charge in [0.05, 0.1) is 5.71 Å². The minimum atomic E-state index is -0.0275. The molecular formula is C18H17ClN2O. The molecule has 0 heterocycles. The molecule has 1 saturated carbocycles. The second-order valence-electron chi connectivity index (χ2n) is 5.51. The highest BCUT2D eigenvalue weighted by atomic mass is 35.5. The highest BCUT2D eigenvalue weighted by Gasteiger charge is 2.43. The van der Waals surface area contributed by atoms with Gasteiger partial charge in [0.25, 0.3) is 0 Å². The van der Waals surface area contributed by atoms with Crippen LogP contribution in [0.2, 0.25) is 5.02 Å². The van der Waals surface area contributed by atoms with Crippen molar-refractivity contribution in [1.29, 1.82) is 0 Å². The van der Waals surface area contributed by atoms with Crippen LogP contribution in [0.3, 0.4) is 0 Å². The molecule has 0 unspecified atom stereocenters. The van der Waals surface area contributed by atoms with Crippen LogP contribution >= 0.6 is 11.6 Å². The van der Waals surface area contributed by atoms with Gasteiger partial charge in [-0.05, 0) is 30.9 Å². The number of nitrogens with one attached hydrogen (secondary N) is 1. The molecule has 0 radical (unpaired) electrons. The maximum absolute atomic E-state index is 12.2. The quantitative estimate of drug-likeness (QED) is 0.673. The highest BCUT2D eigenvalue weighted by Crippen LogP contribution is 2.47. The molecule has 0 spiro atoms. The van der Waals surface area contributed by atoms with E-state index in [-0.39, 0.29) is 11.8 Å². The zero-order chi connectivity index (χ0) is 15.5. The van der Waals surface area contributed by atoms with Gasteiger partial charge in [0.15, 0.2) is 0 Å². The Morgan fingerprint density at radius 2 is 1.82 bits per heavy atom. The minimum absolute atomic E-state index is 0.0187. The van der Waals surface area contributed by atoms with Gasteiger partial charge in [-0.3, -0.25) is 4.79 Å². The molecule has 0 aromatic heterocycles. The third-order valence-electron chi connectivity index (χ3n) is 3.95. The predicted molar refractivity (Wildman–Crippen MR) is 89.1 cm³/mol. The van der Waals surface area contributed by atoms with Crippen LogP contribution in [0.25, 0.3) is 0 Å². The summed E-state index contributed by atoms with van der Waals surface area (Å²) in [6, 6.07) is 17.6. The molecule has 2 aromatic rings. The molecule has 2 aromatic carbocycles. The van der Waals surface area contributed by atoms with E-state index in [0.29, 0.717) is 16.7 Å². The average molecular weight is 313 g/mol. The van der Waals surface area contributed by atoms with Crippen molar-refractivity contribution in [2.45, 2.75) is 19.3 Å². The van der Waals surface area contributed by atoms with Gasteiger partial charge in [-0.15, -0.1) is 0 Å². The Hall–Kier alpha value is -2.13. The van der Waals surface area contributed by atoms with Crippen molar-refractivity contribution in [3.63, 3.8) is 0 Å². The van der Waals surface area contributed by atoms with Crippen molar-refractivity contribution in [3.05, 3.63) is 70.7 Å². The second kappa shape index (κ2) is 6.32. The number of hydrogen-bond donors (Lipinski definition) is 1. The van der Waals surface area contributed by atoms with Crippen LogP contribution in [0, 0.1) is 5.92 Å². The summed E-state index contributed by atoms with van der Waals surface area (Å²) < 4.78 is 0. The molecule has 112 valence electrons. The lowest BCUT2D eigenvalue weighted by Gasteiger charge is -2.04. The van der Waals surface area contributed by atoms with Gasteiger partial charge in [-0.2, -0.15) is 5.10 Å². The number of hydrazone groups is 1. The molecule has 0 aliphatic heterocycles. The molecular weight excluding hydrogens is 296 g/mol. The standard InChI is InChI=1S/C18H17ClN2O/c1-12(14-9-5-6-10-17(14)19)20-21-18(22)16-11-15(16)13-7-3-2-4-8-13/h2-10,15-16H,11H2,1H3,(H,21,22)/b20-12-/t15-,16+/m1/s1. The number of halogens is 1. The summed E-state index contributed by atoms with van der Waals surface area (Å²) in [4.78, 5) is 12.2. The lowest BCUT2D eigenvalue weighted by molar-refractivity contribution is -0.122. The number of carbonyl (C=O) groups excluding carboxylic acids is 1. The first-order valence-corrected chi connectivity index (χ1v) is 7.68. The number of nitrogens with zero attached hydrogens (tertiary/aromatic N) is 1. The molecule has 1 aliphatic carbocycles. The fraction of sp³-hybridized carbons (Fsp3) is 0.222. The van der Waals surface area contributed by atoms with Crippen LogP contribution in [0.5, 0.6) is 0 Å². The van der Waals surface area contributed by atoms with E-state index in [1.807, 2.05) is 49.4 Å². The average Bonchev–Trinajstić information content (AvgIpc) is 3.34. The summed E-state index contributed by atoms with van der Waals surface area (Å²) in [6.45, 7) is 1.84. The largest absolute Gasteiger partial charge is 0.273 e. The molecule has 22 heavy (non-hydrogen) atoms. The number of hydrogen-bond acceptors (Lipinski definition) is 2. The van der Waals surface area contributed by atoms with Crippen molar-refractivity contribution in [1.82, 2.24) is 5.43 Å². The van der Waals surface area contributed by atoms with Gasteiger partial charge >= 0.3 is 0 Å². The van der Waals surface area contributed by atoms with Crippen LogP contribution in [0.4, 0.5) is 0 Å². The molecule has 1 aliphatic rings. The predicted octanol–water partition coefficient (Wildman–Crippen LogP) is 3.98. The normalized spacial score (nSPS) is 20.5. The van der Waals surface area contributed by atoms with E-state index in [4.69, 9.17) is 11.6 Å². The van der Waals surface area contributed by atoms with Crippen molar-refractivity contribution < 1.29 is 4.79 Å². The molecule has 3 nitrogen and oxygen atoms in total. The molecule has 0 bridgehead atoms. The van der Waals surface area contributed by atoms with E-state index < -0.39 is 0 Å². The van der Waals surface area contributed by atoms with Crippen LogP contribution in [-0.4, -0.2) is 11.6 Å². The Labute approximate surface area is 135 Å². The van der Waals surface area contributed by atoms with Crippen molar-refractivity contribution in [2.75, 3.05) is 0 Å². The minimum Gasteiger partial charge on any atom is -0.273 e. The van der Waals surface area contributed by atoms with Gasteiger partial charge in [-0.1, -0.05) is 60.1 Å². The van der Waals surface area contributed by atoms with E-state index in [1.165, 1.54) is 5.56 Å². The summed E-state index contributed by atoms with van der Waals surface area (Å²) in [5, 5.41) is 4.81. The van der Waals surface area contributed by atoms with E-state index in [1.54, 1.807) is 0 Å². The van der Waals surface area contributed by atoms with Gasteiger partial charge in [-0.25, -0.2) is 5.43 Å². The zero-order valence-electron chi connectivity index (χ0n) is 12.3. The topological polar surface area (TPSA) is 41.5 Å². The maximum atomic E-state index is 12.2. The van der Waals surface area contributed by atoms with Crippen LogP contribution < -0.4 is 5.43 Å². The van der Waals surface area contributed by atoms with Crippen LogP contribution in [0.1, 0.15) is 30.4 Å². The molecule has 1 amide bonds. The summed E-state index contributed by atoms with van der Waals surface area (Å²) >= 11 is 6.12. The Bertz CT molecular complexity index is 712. The Morgan fingerprint density at radius 1 is 1.14 bits per heavy atom. The number of benzene rings is 2. The molecule has 1 fully saturated rings. The lowest BCUT2D eigenvalue weighted by Crippen LogP contribution is -2.21. The smallest absolute Gasteiger partial charge is 0.243 e. The summed E-state index contributed by atoms with van der Waals surface area (Å²) in [5.41, 5.74) is 5.42. The van der Waals surface area contributed by atoms with Crippen molar-refractivity contribution in [3.8, 4) is 0 Å². The first-order valence-electron chi connectivity index (χ1n) is 7.31. The lowest BCUT2D eigenvalue weighted by atomic mass is 10.1. The molecule has 4 heteroatoms. The first-order chi connectivity index (χ1) is 10.7. The Kier molecular flexibility index (Phi) is 4.25. The third-order valence-corrected chi connectivity index (χ3v) is 4.28. The fourth-order valence-electron chi connectivity index (χ4n) is 2.59. The van der Waals surface area contributed by atoms with E-state index in [0.717, 1.165) is 12.0 Å². The van der Waals surface area contributed by atoms with Crippen LogP contribution in [0.15, 0.2) is 59.7 Å². The van der Waals surface area contributed by atoms with Crippen molar-refractivity contribution >= 4 is 23.2 Å². The van der Waals surface area contributed by atoms with E-state index >= 15 is 0 Å². The molecule has 2 atom stereocenters. The zero-order valence-corrected chi connectivity index (χ0v) is 13.0. The number of carbonyl (C=O) groups is 1. The van der Waals surface area contributed by atoms with E-state index in [2.05, 4.69) is 22.7 Å². The van der Waals surface area contributed by atoms with Gasteiger partial charge in [0.2, 0.25) is 5.91 Å². The number of amides is 1. The summed E-state index contributed by atoms with van der Waals surface area (Å²) in [5.74, 6) is 0.308. The van der Waals surface area contributed by atoms with Gasteiger partial charge in [0.1, 0.15) is 0 Å². The Balaban J connectivity index is 1.62. The van der Waals surface area contributed by atoms with Crippen molar-refractivity contribution in [2.24, 2.45) is 11.0 Å². The summed E-state index contributed by atoms with van der Waals surface area (Å²) in [7, 11) is 0. The highest BCUT2D eigenvalue weighted by molar-refractivity contribution is 6.34. The molecule has 0 saturated heterocycles. The van der Waals surface area contributed by atoms with Gasteiger partial charge < -0.3 is 0 Å². The third kappa shape index (κ3) is 3.20. The first kappa shape index (κ1) is 14.8. The monoisotopic (exact) mass is 312 g/mol. The maximum Gasteiger partial charge on any atom is 0.243 e. The molecule has 1 N–H and O–H groups in total. The fourth-order valence-corrected chi connectivity index (χ4v) is 2.86.